The molecule has 0 saturated heterocycles. The van der Waals surface area contributed by atoms with E-state index in [9.17, 15) is 24.8 Å². The highest BCUT2D eigenvalue weighted by Gasteiger charge is 2.35. The second kappa shape index (κ2) is 10.6. The van der Waals surface area contributed by atoms with Gasteiger partial charge in [-0.3, -0.25) is 25.0 Å². The number of nitro groups is 1. The minimum Gasteiger partial charge on any atom is -0.489 e. The summed E-state index contributed by atoms with van der Waals surface area (Å²) < 4.78 is 5.91. The van der Waals surface area contributed by atoms with Gasteiger partial charge in [-0.15, -0.1) is 0 Å². The number of carboxylic acid groups (broad SMARTS) is 1. The first kappa shape index (κ1) is 23.7. The van der Waals surface area contributed by atoms with Gasteiger partial charge in [0.15, 0.2) is 0 Å². The van der Waals surface area contributed by atoms with Crippen molar-refractivity contribution in [3.8, 4) is 5.75 Å². The van der Waals surface area contributed by atoms with Crippen LogP contribution in [0.1, 0.15) is 44.1 Å². The van der Waals surface area contributed by atoms with Crippen LogP contribution in [-0.4, -0.2) is 40.6 Å². The SMILES string of the molecule is O=C(O)[C@H](CC1CCCCC1)NC1COc2ccccc2N(Cc2ccc([N+](=O)[O-])cc2)C1=O. The third-order valence-electron chi connectivity index (χ3n) is 6.61. The molecule has 1 fully saturated rings. The number of aliphatic carboxylic acids is 1. The number of hydrogen-bond donors (Lipinski definition) is 2. The molecule has 2 N–H and O–H groups in total. The first-order valence-electron chi connectivity index (χ1n) is 11.7. The topological polar surface area (TPSA) is 122 Å². The number of carbonyl (C=O) groups is 2. The Morgan fingerprint density at radius 3 is 2.53 bits per heavy atom. The summed E-state index contributed by atoms with van der Waals surface area (Å²) >= 11 is 0. The summed E-state index contributed by atoms with van der Waals surface area (Å²) in [7, 11) is 0. The average molecular weight is 468 g/mol. The predicted octanol–water partition coefficient (Wildman–Crippen LogP) is 3.90. The summed E-state index contributed by atoms with van der Waals surface area (Å²) in [6, 6.07) is 11.5. The van der Waals surface area contributed by atoms with Crippen LogP contribution in [0.4, 0.5) is 11.4 Å². The lowest BCUT2D eigenvalue weighted by molar-refractivity contribution is -0.384. The standard InChI is InChI=1S/C25H29N3O6/c29-24-21(26-20(25(30)31)14-17-6-2-1-3-7-17)16-34-23-9-5-4-8-22(23)27(24)15-18-10-12-19(13-11-18)28(32)33/h4-5,8-13,17,20-21,26H,1-3,6-7,14-16H2,(H,30,31)/t20-,21?/m0/s1. The molecule has 9 heteroatoms. The Bertz CT molecular complexity index is 1040. The maximum Gasteiger partial charge on any atom is 0.320 e. The van der Waals surface area contributed by atoms with Crippen LogP contribution in [0.3, 0.4) is 0 Å². The average Bonchev–Trinajstić information content (AvgIpc) is 2.97. The van der Waals surface area contributed by atoms with Crippen molar-refractivity contribution < 1.29 is 24.4 Å². The molecule has 1 heterocycles. The van der Waals surface area contributed by atoms with Gasteiger partial charge in [0.25, 0.3) is 5.69 Å². The summed E-state index contributed by atoms with van der Waals surface area (Å²) in [5, 5.41) is 23.9. The molecule has 1 saturated carbocycles. The molecule has 34 heavy (non-hydrogen) atoms. The molecular weight excluding hydrogens is 438 g/mol. The number of non-ortho nitro benzene ring substituents is 1. The van der Waals surface area contributed by atoms with Gasteiger partial charge in [0.1, 0.15) is 24.4 Å². The Morgan fingerprint density at radius 1 is 1.15 bits per heavy atom. The third kappa shape index (κ3) is 5.53. The molecule has 2 aliphatic rings. The Balaban J connectivity index is 1.55. The fraction of sp³-hybridized carbons (Fsp3) is 0.440. The van der Waals surface area contributed by atoms with Crippen LogP contribution in [0.5, 0.6) is 5.75 Å². The molecule has 9 nitrogen and oxygen atoms in total. The van der Waals surface area contributed by atoms with Crippen LogP contribution in [0.2, 0.25) is 0 Å². The van der Waals surface area contributed by atoms with E-state index in [2.05, 4.69) is 5.32 Å². The molecule has 0 bridgehead atoms. The van der Waals surface area contributed by atoms with Gasteiger partial charge in [-0.25, -0.2) is 0 Å². The van der Waals surface area contributed by atoms with Gasteiger partial charge in [-0.2, -0.15) is 0 Å². The van der Waals surface area contributed by atoms with Gasteiger partial charge in [-0.05, 0) is 30.0 Å². The molecule has 1 amide bonds. The van der Waals surface area contributed by atoms with Crippen LogP contribution in [0, 0.1) is 16.0 Å². The van der Waals surface area contributed by atoms with Crippen molar-refractivity contribution in [3.63, 3.8) is 0 Å². The fourth-order valence-corrected chi connectivity index (χ4v) is 4.78. The molecule has 0 aromatic heterocycles. The van der Waals surface area contributed by atoms with E-state index in [4.69, 9.17) is 4.74 Å². The van der Waals surface area contributed by atoms with Crippen LogP contribution in [0.25, 0.3) is 0 Å². The van der Waals surface area contributed by atoms with E-state index < -0.39 is 23.0 Å². The van der Waals surface area contributed by atoms with Crippen molar-refractivity contribution in [2.45, 2.75) is 57.2 Å². The molecule has 0 spiro atoms. The van der Waals surface area contributed by atoms with Gasteiger partial charge in [0.05, 0.1) is 17.2 Å². The number of carbonyl (C=O) groups excluding carboxylic acids is 1. The van der Waals surface area contributed by atoms with Crippen molar-refractivity contribution >= 4 is 23.3 Å². The molecule has 180 valence electrons. The second-order valence-electron chi connectivity index (χ2n) is 8.98. The minimum absolute atomic E-state index is 0.0149. The Morgan fingerprint density at radius 2 is 1.85 bits per heavy atom. The van der Waals surface area contributed by atoms with E-state index in [1.807, 2.05) is 6.07 Å². The zero-order valence-electron chi connectivity index (χ0n) is 18.9. The quantitative estimate of drug-likeness (QED) is 0.446. The number of nitrogens with zero attached hydrogens (tertiary/aromatic N) is 2. The van der Waals surface area contributed by atoms with Crippen molar-refractivity contribution in [1.82, 2.24) is 5.32 Å². The zero-order valence-corrected chi connectivity index (χ0v) is 18.9. The summed E-state index contributed by atoms with van der Waals surface area (Å²) in [5.74, 6) is -0.404. The van der Waals surface area contributed by atoms with E-state index in [1.165, 1.54) is 18.6 Å². The lowest BCUT2D eigenvalue weighted by atomic mass is 9.84. The number of nitrogens with one attached hydrogen (secondary N) is 1. The fourth-order valence-electron chi connectivity index (χ4n) is 4.78. The van der Waals surface area contributed by atoms with Crippen LogP contribution >= 0.6 is 0 Å². The lowest BCUT2D eigenvalue weighted by Gasteiger charge is -2.29. The number of fused-ring (bicyclic) bond motifs is 1. The van der Waals surface area contributed by atoms with Crippen molar-refractivity contribution in [2.24, 2.45) is 5.92 Å². The number of hydrogen-bond acceptors (Lipinski definition) is 6. The van der Waals surface area contributed by atoms with Crippen LogP contribution in [0.15, 0.2) is 48.5 Å². The minimum atomic E-state index is -0.970. The number of anilines is 1. The maximum absolute atomic E-state index is 13.6. The number of ether oxygens (including phenoxy) is 1. The summed E-state index contributed by atoms with van der Waals surface area (Å²) in [4.78, 5) is 37.7. The second-order valence-corrected chi connectivity index (χ2v) is 8.98. The number of carboxylic acids is 1. The molecule has 2 atom stereocenters. The number of rotatable bonds is 8. The van der Waals surface area contributed by atoms with E-state index in [1.54, 1.807) is 35.2 Å². The Kier molecular flexibility index (Phi) is 7.42. The van der Waals surface area contributed by atoms with E-state index in [-0.39, 0.29) is 24.7 Å². The maximum atomic E-state index is 13.6. The number of benzene rings is 2. The molecule has 4 rings (SSSR count). The highest BCUT2D eigenvalue weighted by atomic mass is 16.6. The summed E-state index contributed by atoms with van der Waals surface area (Å²) in [6.45, 7) is 0.191. The first-order chi connectivity index (χ1) is 16.4. The smallest absolute Gasteiger partial charge is 0.320 e. The van der Waals surface area contributed by atoms with Crippen molar-refractivity contribution in [3.05, 3.63) is 64.2 Å². The summed E-state index contributed by atoms with van der Waals surface area (Å²) in [6.07, 6.45) is 5.92. The largest absolute Gasteiger partial charge is 0.489 e. The van der Waals surface area contributed by atoms with Gasteiger partial charge in [0, 0.05) is 12.1 Å². The number of nitro benzene ring substituents is 1. The molecule has 1 unspecified atom stereocenters. The molecule has 0 radical (unpaired) electrons. The van der Waals surface area contributed by atoms with Crippen LogP contribution < -0.4 is 15.0 Å². The molecule has 2 aromatic rings. The highest BCUT2D eigenvalue weighted by Crippen LogP contribution is 2.33. The molecule has 1 aliphatic heterocycles. The summed E-state index contributed by atoms with van der Waals surface area (Å²) in [5.41, 5.74) is 1.27. The van der Waals surface area contributed by atoms with E-state index in [0.717, 1.165) is 25.7 Å². The molecular formula is C25H29N3O6. The normalized spacial score (nSPS) is 19.6. The number of amides is 1. The van der Waals surface area contributed by atoms with Gasteiger partial charge in [-0.1, -0.05) is 56.4 Å². The zero-order chi connectivity index (χ0) is 24.1. The Hall–Kier alpha value is -3.46. The van der Waals surface area contributed by atoms with E-state index in [0.29, 0.717) is 29.3 Å². The predicted molar refractivity (Wildman–Crippen MR) is 126 cm³/mol. The first-order valence-corrected chi connectivity index (χ1v) is 11.7. The molecule has 2 aromatic carbocycles. The van der Waals surface area contributed by atoms with Gasteiger partial charge in [0.2, 0.25) is 5.91 Å². The van der Waals surface area contributed by atoms with Crippen molar-refractivity contribution in [2.75, 3.05) is 11.5 Å². The number of para-hydroxylation sites is 2. The third-order valence-corrected chi connectivity index (χ3v) is 6.61. The van der Waals surface area contributed by atoms with Gasteiger partial charge < -0.3 is 14.7 Å². The van der Waals surface area contributed by atoms with E-state index >= 15 is 0 Å². The monoisotopic (exact) mass is 467 g/mol. The van der Waals surface area contributed by atoms with Crippen molar-refractivity contribution in [1.29, 1.82) is 0 Å². The lowest BCUT2D eigenvalue weighted by Crippen LogP contribution is -2.54. The van der Waals surface area contributed by atoms with Gasteiger partial charge >= 0.3 is 5.97 Å². The highest BCUT2D eigenvalue weighted by molar-refractivity contribution is 5.99. The Labute approximate surface area is 197 Å². The molecule has 1 aliphatic carbocycles. The van der Waals surface area contributed by atoms with Crippen LogP contribution in [-0.2, 0) is 16.1 Å².